The van der Waals surface area contributed by atoms with Crippen molar-refractivity contribution in [3.05, 3.63) is 28.5 Å². The van der Waals surface area contributed by atoms with Gasteiger partial charge in [0.25, 0.3) is 0 Å². The van der Waals surface area contributed by atoms with E-state index in [-0.39, 0.29) is 11.0 Å². The number of nitrogens with two attached hydrogens (primary N) is 1. The number of hydrogen-bond donors (Lipinski definition) is 1. The highest BCUT2D eigenvalue weighted by molar-refractivity contribution is 9.10. The summed E-state index contributed by atoms with van der Waals surface area (Å²) in [5, 5.41) is 5.99. The molecular weight excluding hydrogens is 440 g/mol. The lowest BCUT2D eigenvalue weighted by Crippen LogP contribution is -2.49. The summed E-state index contributed by atoms with van der Waals surface area (Å²) in [6.07, 6.45) is 3.17. The minimum absolute atomic E-state index is 0.224. The van der Waals surface area contributed by atoms with E-state index in [9.17, 15) is 4.21 Å². The molecule has 4 nitrogen and oxygen atoms in total. The van der Waals surface area contributed by atoms with Gasteiger partial charge in [-0.25, -0.2) is 9.19 Å². The Kier molecular flexibility index (Phi) is 7.17. The van der Waals surface area contributed by atoms with Crippen molar-refractivity contribution in [1.29, 1.82) is 0 Å². The summed E-state index contributed by atoms with van der Waals surface area (Å²) < 4.78 is 19.0. The Morgan fingerprint density at radius 2 is 1.89 bits per heavy atom. The fourth-order valence-electron chi connectivity index (χ4n) is 3.38. The van der Waals surface area contributed by atoms with Crippen LogP contribution >= 0.6 is 15.9 Å². The van der Waals surface area contributed by atoms with Crippen molar-refractivity contribution in [2.24, 2.45) is 11.1 Å². The molecule has 154 valence electrons. The zero-order valence-corrected chi connectivity index (χ0v) is 21.1. The van der Waals surface area contributed by atoms with E-state index in [0.717, 1.165) is 29.6 Å². The lowest BCUT2D eigenvalue weighted by atomic mass is 9.70. The van der Waals surface area contributed by atoms with Crippen molar-refractivity contribution >= 4 is 35.2 Å². The van der Waals surface area contributed by atoms with Crippen LogP contribution in [0.5, 0.6) is 0 Å². The van der Waals surface area contributed by atoms with Gasteiger partial charge in [-0.05, 0) is 85.2 Å². The minimum Gasteiger partial charge on any atom is -0.414 e. The third-order valence-electron chi connectivity index (χ3n) is 6.34. The second-order valence-corrected chi connectivity index (χ2v) is 17.3. The lowest BCUT2D eigenvalue weighted by molar-refractivity contribution is 0.0357. The normalized spacial score (nSPS) is 23.6. The van der Waals surface area contributed by atoms with Crippen molar-refractivity contribution < 1.29 is 8.63 Å². The molecular formula is C20H35BrN2O2SSi. The van der Waals surface area contributed by atoms with Gasteiger partial charge in [0.2, 0.25) is 0 Å². The lowest BCUT2D eigenvalue weighted by Gasteiger charge is -2.47. The summed E-state index contributed by atoms with van der Waals surface area (Å²) in [6.45, 7) is 15.4. The Morgan fingerprint density at radius 1 is 1.30 bits per heavy atom. The summed E-state index contributed by atoms with van der Waals surface area (Å²) in [6, 6.07) is 6.04. The van der Waals surface area contributed by atoms with Gasteiger partial charge in [0.1, 0.15) is 4.60 Å². The molecule has 1 heterocycles. The first kappa shape index (κ1) is 23.2. The van der Waals surface area contributed by atoms with Crippen LogP contribution in [0, 0.1) is 5.92 Å². The number of rotatable bonds is 7. The Morgan fingerprint density at radius 3 is 2.37 bits per heavy atom. The van der Waals surface area contributed by atoms with E-state index in [0.29, 0.717) is 12.0 Å². The first-order valence-electron chi connectivity index (χ1n) is 9.69. The smallest absolute Gasteiger partial charge is 0.192 e. The van der Waals surface area contributed by atoms with Gasteiger partial charge in [-0.15, -0.1) is 0 Å². The zero-order valence-electron chi connectivity index (χ0n) is 17.7. The first-order valence-corrected chi connectivity index (χ1v) is 14.6. The third-order valence-corrected chi connectivity index (χ3v) is 12.6. The van der Waals surface area contributed by atoms with Gasteiger partial charge in [0.05, 0.1) is 15.7 Å². The molecule has 1 aromatic heterocycles. The Bertz CT molecular complexity index is 685. The van der Waals surface area contributed by atoms with E-state index in [1.807, 2.05) is 26.0 Å². The predicted molar refractivity (Wildman–Crippen MR) is 120 cm³/mol. The van der Waals surface area contributed by atoms with Crippen LogP contribution in [0.4, 0.5) is 0 Å². The molecule has 0 aromatic carbocycles. The van der Waals surface area contributed by atoms with E-state index < -0.39 is 24.1 Å². The molecule has 1 saturated carbocycles. The van der Waals surface area contributed by atoms with Crippen molar-refractivity contribution in [3.63, 3.8) is 0 Å². The van der Waals surface area contributed by atoms with Crippen molar-refractivity contribution in [1.82, 2.24) is 4.98 Å². The summed E-state index contributed by atoms with van der Waals surface area (Å²) in [7, 11) is -3.12. The molecule has 0 saturated heterocycles. The molecule has 1 aliphatic carbocycles. The van der Waals surface area contributed by atoms with E-state index in [1.54, 1.807) is 0 Å². The molecule has 1 unspecified atom stereocenters. The van der Waals surface area contributed by atoms with Gasteiger partial charge in [0.15, 0.2) is 8.32 Å². The van der Waals surface area contributed by atoms with Gasteiger partial charge in [0, 0.05) is 17.7 Å². The molecule has 2 atom stereocenters. The van der Waals surface area contributed by atoms with E-state index >= 15 is 0 Å². The van der Waals surface area contributed by atoms with Crippen molar-refractivity contribution in [3.8, 4) is 0 Å². The maximum absolute atomic E-state index is 12.0. The van der Waals surface area contributed by atoms with Crippen LogP contribution in [0.2, 0.25) is 18.1 Å². The van der Waals surface area contributed by atoms with Crippen molar-refractivity contribution in [2.45, 2.75) is 88.8 Å². The molecule has 2 rings (SSSR count). The van der Waals surface area contributed by atoms with Crippen LogP contribution < -0.4 is 5.14 Å². The van der Waals surface area contributed by atoms with Crippen LogP contribution in [0.1, 0.15) is 65.5 Å². The van der Waals surface area contributed by atoms with Gasteiger partial charge in [-0.3, -0.25) is 5.14 Å². The predicted octanol–water partition coefficient (Wildman–Crippen LogP) is 5.52. The van der Waals surface area contributed by atoms with Crippen LogP contribution in [0.15, 0.2) is 22.8 Å². The molecule has 1 aromatic rings. The second kappa shape index (κ2) is 8.34. The fraction of sp³-hybridized carbons (Fsp3) is 0.750. The summed E-state index contributed by atoms with van der Waals surface area (Å²) in [4.78, 5) is 4.70. The van der Waals surface area contributed by atoms with Crippen LogP contribution in [0.25, 0.3) is 0 Å². The number of nitrogens with zero attached hydrogens (tertiary/aromatic N) is 1. The number of pyridine rings is 1. The molecule has 0 aliphatic heterocycles. The van der Waals surface area contributed by atoms with Crippen molar-refractivity contribution in [2.75, 3.05) is 0 Å². The van der Waals surface area contributed by atoms with E-state index in [2.05, 4.69) is 55.9 Å². The third kappa shape index (κ3) is 5.72. The molecule has 0 amide bonds. The number of hydrogen-bond acceptors (Lipinski definition) is 3. The van der Waals surface area contributed by atoms with Gasteiger partial charge in [-0.1, -0.05) is 26.8 Å². The van der Waals surface area contributed by atoms with Crippen LogP contribution in [-0.2, 0) is 15.4 Å². The summed E-state index contributed by atoms with van der Waals surface area (Å²) in [5.74, 6) is 0.730. The Hall–Kier alpha value is -0.0831. The maximum atomic E-state index is 12.0. The summed E-state index contributed by atoms with van der Waals surface area (Å²) in [5.41, 5.74) is 1.05. The van der Waals surface area contributed by atoms with E-state index in [4.69, 9.17) is 14.5 Å². The average Bonchev–Trinajstić information content (AvgIpc) is 2.47. The standard InChI is InChI=1S/C20H35BrN2O2SSi/c1-19(2,3)27(6,7)25-15-11-14(12-15)16(13-20(4,5)26(22)24)17-9-8-10-18(21)23-17/h8-10,14-16H,11-13,22H2,1-7H3/t14?,15?,16-,26?/m1/s1. The molecule has 0 spiro atoms. The summed E-state index contributed by atoms with van der Waals surface area (Å²) >= 11 is 3.49. The van der Waals surface area contributed by atoms with Gasteiger partial charge < -0.3 is 4.43 Å². The minimum atomic E-state index is -1.75. The quantitative estimate of drug-likeness (QED) is 0.417. The number of aromatic nitrogens is 1. The van der Waals surface area contributed by atoms with Crippen LogP contribution in [0.3, 0.4) is 0 Å². The monoisotopic (exact) mass is 474 g/mol. The topological polar surface area (TPSA) is 65.2 Å². The molecule has 1 fully saturated rings. The molecule has 7 heteroatoms. The van der Waals surface area contributed by atoms with Crippen LogP contribution in [-0.4, -0.2) is 28.4 Å². The highest BCUT2D eigenvalue weighted by Crippen LogP contribution is 2.47. The Balaban J connectivity index is 2.14. The fourth-order valence-corrected chi connectivity index (χ4v) is 5.46. The largest absolute Gasteiger partial charge is 0.414 e. The average molecular weight is 476 g/mol. The highest BCUT2D eigenvalue weighted by Gasteiger charge is 2.45. The molecule has 2 N–H and O–H groups in total. The molecule has 0 bridgehead atoms. The maximum Gasteiger partial charge on any atom is 0.192 e. The molecule has 27 heavy (non-hydrogen) atoms. The first-order chi connectivity index (χ1) is 12.2. The second-order valence-electron chi connectivity index (χ2n) is 9.98. The van der Waals surface area contributed by atoms with Gasteiger partial charge in [-0.2, -0.15) is 0 Å². The molecule has 1 aliphatic rings. The van der Waals surface area contributed by atoms with E-state index in [1.165, 1.54) is 0 Å². The highest BCUT2D eigenvalue weighted by atomic mass is 79.9. The SMILES string of the molecule is CC(C)(C[C@@H](c1cccc(Br)n1)C1CC(O[Si](C)(C)C(C)(C)C)C1)S(N)=O. The molecule has 0 radical (unpaired) electrons. The zero-order chi connectivity index (χ0) is 20.6. The van der Waals surface area contributed by atoms with Gasteiger partial charge >= 0.3 is 0 Å². The Labute approximate surface area is 176 Å². The number of halogens is 1.